The summed E-state index contributed by atoms with van der Waals surface area (Å²) in [5.74, 6) is 0.366. The molecule has 8 heteroatoms. The highest BCUT2D eigenvalue weighted by atomic mass is 35.5. The highest BCUT2D eigenvalue weighted by molar-refractivity contribution is 8.27. The van der Waals surface area contributed by atoms with Crippen LogP contribution in [0.4, 0.5) is 5.69 Å². The first kappa shape index (κ1) is 23.0. The number of benzene rings is 3. The Kier molecular flexibility index (Phi) is 6.40. The smallest absolute Gasteiger partial charge is 0.270 e. The number of fused-ring (bicyclic) bond motifs is 1. The lowest BCUT2D eigenvalue weighted by atomic mass is 10.1. The Morgan fingerprint density at radius 2 is 1.82 bits per heavy atom. The molecule has 1 aliphatic heterocycles. The fourth-order valence-electron chi connectivity index (χ4n) is 3.93. The van der Waals surface area contributed by atoms with Crippen LogP contribution >= 0.6 is 47.2 Å². The average molecular weight is 525 g/mol. The molecule has 34 heavy (non-hydrogen) atoms. The summed E-state index contributed by atoms with van der Waals surface area (Å²) in [4.78, 5) is 15.4. The van der Waals surface area contributed by atoms with Crippen LogP contribution in [0, 0.1) is 0 Å². The second-order valence-electron chi connectivity index (χ2n) is 7.69. The van der Waals surface area contributed by atoms with Crippen molar-refractivity contribution in [3.63, 3.8) is 0 Å². The minimum Gasteiger partial charge on any atom is -0.495 e. The van der Waals surface area contributed by atoms with Crippen molar-refractivity contribution in [2.24, 2.45) is 0 Å². The van der Waals surface area contributed by atoms with Crippen molar-refractivity contribution in [1.29, 1.82) is 0 Å². The molecule has 1 aliphatic rings. The third kappa shape index (κ3) is 4.34. The molecule has 3 aromatic carbocycles. The van der Waals surface area contributed by atoms with Gasteiger partial charge in [0.15, 0.2) is 4.32 Å². The predicted octanol–water partition coefficient (Wildman–Crippen LogP) is 7.41. The third-order valence-corrected chi connectivity index (χ3v) is 7.41. The van der Waals surface area contributed by atoms with Gasteiger partial charge in [-0.15, -0.1) is 0 Å². The molecule has 2 heterocycles. The maximum atomic E-state index is 13.3. The number of ether oxygens (including phenoxy) is 1. The maximum absolute atomic E-state index is 13.3. The van der Waals surface area contributed by atoms with E-state index in [9.17, 15) is 4.79 Å². The summed E-state index contributed by atoms with van der Waals surface area (Å²) in [6, 6.07) is 21.1. The topological polar surface area (TPSA) is 34.5 Å². The quantitative estimate of drug-likeness (QED) is 0.201. The molecule has 1 fully saturated rings. The number of hydrogen-bond donors (Lipinski definition) is 0. The summed E-state index contributed by atoms with van der Waals surface area (Å²) in [5, 5.41) is 2.19. The number of carbonyl (C=O) groups is 1. The zero-order chi connectivity index (χ0) is 23.8. The molecule has 1 aromatic heterocycles. The van der Waals surface area contributed by atoms with Gasteiger partial charge in [0.25, 0.3) is 5.91 Å². The van der Waals surface area contributed by atoms with Crippen molar-refractivity contribution in [2.45, 2.75) is 6.54 Å². The van der Waals surface area contributed by atoms with Crippen LogP contribution < -0.4 is 9.64 Å². The lowest BCUT2D eigenvalue weighted by Crippen LogP contribution is -2.27. The molecule has 4 aromatic rings. The molecule has 170 valence electrons. The number of amides is 1. The number of hydrogen-bond acceptors (Lipinski definition) is 4. The molecule has 0 N–H and O–H groups in total. The molecule has 5 rings (SSSR count). The zero-order valence-corrected chi connectivity index (χ0v) is 21.1. The third-order valence-electron chi connectivity index (χ3n) is 5.56. The van der Waals surface area contributed by atoms with Crippen LogP contribution in [0.2, 0.25) is 10.0 Å². The van der Waals surface area contributed by atoms with Crippen molar-refractivity contribution in [1.82, 2.24) is 4.57 Å². The number of thiocarbonyl (C=S) groups is 1. The zero-order valence-electron chi connectivity index (χ0n) is 18.0. The van der Waals surface area contributed by atoms with Gasteiger partial charge in [0.05, 0.1) is 22.7 Å². The lowest BCUT2D eigenvalue weighted by Gasteiger charge is -2.15. The van der Waals surface area contributed by atoms with Gasteiger partial charge in [0.1, 0.15) is 5.75 Å². The van der Waals surface area contributed by atoms with Gasteiger partial charge >= 0.3 is 0 Å². The van der Waals surface area contributed by atoms with E-state index in [1.807, 2.05) is 42.5 Å². The van der Waals surface area contributed by atoms with Crippen molar-refractivity contribution in [3.05, 3.63) is 99.0 Å². The molecular formula is C26H18Cl2N2O2S2. The minimum absolute atomic E-state index is 0.175. The van der Waals surface area contributed by atoms with E-state index < -0.39 is 0 Å². The van der Waals surface area contributed by atoms with E-state index in [1.54, 1.807) is 25.3 Å². The van der Waals surface area contributed by atoms with E-state index in [1.165, 1.54) is 16.7 Å². The molecule has 0 unspecified atom stereocenters. The van der Waals surface area contributed by atoms with Gasteiger partial charge in [-0.2, -0.15) is 0 Å². The van der Waals surface area contributed by atoms with E-state index in [-0.39, 0.29) is 5.91 Å². The molecule has 1 amide bonds. The van der Waals surface area contributed by atoms with Crippen LogP contribution in [0.25, 0.3) is 17.0 Å². The fraction of sp³-hybridized carbons (Fsp3) is 0.0769. The normalized spacial score (nSPS) is 15.0. The minimum atomic E-state index is -0.175. The van der Waals surface area contributed by atoms with Crippen LogP contribution in [-0.2, 0) is 11.3 Å². The van der Waals surface area contributed by atoms with Crippen LogP contribution in [-0.4, -0.2) is 21.9 Å². The Balaban J connectivity index is 1.50. The van der Waals surface area contributed by atoms with Gasteiger partial charge in [-0.05, 0) is 48.0 Å². The van der Waals surface area contributed by atoms with Crippen molar-refractivity contribution in [2.75, 3.05) is 12.0 Å². The van der Waals surface area contributed by atoms with Crippen LogP contribution in [0.1, 0.15) is 11.1 Å². The molecule has 0 radical (unpaired) electrons. The first-order valence-electron chi connectivity index (χ1n) is 10.4. The number of anilines is 1. The van der Waals surface area contributed by atoms with Gasteiger partial charge in [0.2, 0.25) is 0 Å². The van der Waals surface area contributed by atoms with Crippen LogP contribution in [0.5, 0.6) is 5.75 Å². The van der Waals surface area contributed by atoms with E-state index in [0.29, 0.717) is 37.3 Å². The van der Waals surface area contributed by atoms with E-state index in [0.717, 1.165) is 22.0 Å². The molecule has 4 nitrogen and oxygen atoms in total. The second kappa shape index (κ2) is 9.47. The number of aromatic nitrogens is 1. The van der Waals surface area contributed by atoms with E-state index in [2.05, 4.69) is 22.9 Å². The first-order chi connectivity index (χ1) is 16.4. The monoisotopic (exact) mass is 524 g/mol. The molecule has 0 atom stereocenters. The number of halogens is 2. The van der Waals surface area contributed by atoms with Gasteiger partial charge < -0.3 is 9.30 Å². The molecule has 0 aliphatic carbocycles. The molecule has 0 bridgehead atoms. The largest absolute Gasteiger partial charge is 0.495 e. The summed E-state index contributed by atoms with van der Waals surface area (Å²) in [5.41, 5.74) is 3.79. The summed E-state index contributed by atoms with van der Waals surface area (Å²) in [6.45, 7) is 0.691. The number of thioether (sulfide) groups is 1. The number of para-hydroxylation sites is 1. The summed E-state index contributed by atoms with van der Waals surface area (Å²) < 4.78 is 7.85. The van der Waals surface area contributed by atoms with Crippen molar-refractivity contribution < 1.29 is 9.53 Å². The average Bonchev–Trinajstić information content (AvgIpc) is 3.31. The highest BCUT2D eigenvalue weighted by Gasteiger charge is 2.34. The number of nitrogens with zero attached hydrogens (tertiary/aromatic N) is 2. The predicted molar refractivity (Wildman–Crippen MR) is 146 cm³/mol. The Morgan fingerprint density at radius 3 is 2.56 bits per heavy atom. The summed E-state index contributed by atoms with van der Waals surface area (Å²) in [6.07, 6.45) is 3.97. The first-order valence-corrected chi connectivity index (χ1v) is 12.4. The van der Waals surface area contributed by atoms with Gasteiger partial charge in [0, 0.05) is 34.2 Å². The van der Waals surface area contributed by atoms with Gasteiger partial charge in [-0.1, -0.05) is 77.5 Å². The van der Waals surface area contributed by atoms with Crippen LogP contribution in [0.3, 0.4) is 0 Å². The van der Waals surface area contributed by atoms with Crippen molar-refractivity contribution >= 4 is 80.1 Å². The lowest BCUT2D eigenvalue weighted by molar-refractivity contribution is -0.113. The second-order valence-corrected chi connectivity index (χ2v) is 10.2. The molecule has 0 spiro atoms. The Labute approximate surface area is 216 Å². The van der Waals surface area contributed by atoms with Gasteiger partial charge in [-0.3, -0.25) is 9.69 Å². The summed E-state index contributed by atoms with van der Waals surface area (Å²) in [7, 11) is 1.55. The Morgan fingerprint density at radius 1 is 1.06 bits per heavy atom. The van der Waals surface area contributed by atoms with Crippen molar-refractivity contribution in [3.8, 4) is 5.75 Å². The molecule has 1 saturated heterocycles. The molecule has 0 saturated carbocycles. The van der Waals surface area contributed by atoms with Crippen LogP contribution in [0.15, 0.2) is 77.8 Å². The van der Waals surface area contributed by atoms with Gasteiger partial charge in [-0.25, -0.2) is 0 Å². The van der Waals surface area contributed by atoms with E-state index >= 15 is 0 Å². The number of rotatable bonds is 5. The SMILES string of the molecule is COc1ccc(N2C(=O)/C(=C/c3cn(Cc4ccc(Cl)cc4)c4ccccc34)SC2=S)cc1Cl. The standard InChI is InChI=1S/C26H18Cl2N2O2S2/c1-32-23-11-10-19(13-21(23)28)30-25(31)24(34-26(30)33)12-17-15-29(22-5-3-2-4-20(17)22)14-16-6-8-18(27)9-7-16/h2-13,15H,14H2,1H3/b24-12-. The number of carbonyl (C=O) groups excluding carboxylic acids is 1. The highest BCUT2D eigenvalue weighted by Crippen LogP contribution is 2.39. The molecular weight excluding hydrogens is 507 g/mol. The number of methoxy groups -OCH3 is 1. The maximum Gasteiger partial charge on any atom is 0.270 e. The van der Waals surface area contributed by atoms with E-state index in [4.69, 9.17) is 40.2 Å². The summed E-state index contributed by atoms with van der Waals surface area (Å²) >= 11 is 19.1. The Hall–Kier alpha value is -2.77. The fourth-order valence-corrected chi connectivity index (χ4v) is 5.60. The Bertz CT molecular complexity index is 1460.